The molecule has 1 aliphatic carbocycles. The van der Waals surface area contributed by atoms with E-state index in [1.807, 2.05) is 0 Å². The van der Waals surface area contributed by atoms with Crippen LogP contribution in [0, 0.1) is 5.92 Å². The second-order valence-corrected chi connectivity index (χ2v) is 4.59. The minimum Gasteiger partial charge on any atom is -0.312 e. The monoisotopic (exact) mass is 236 g/mol. The second kappa shape index (κ2) is 4.69. The van der Waals surface area contributed by atoms with Crippen LogP contribution in [0.4, 0.5) is 0 Å². The molecular formula is C12H16N2O3. The Balaban J connectivity index is 2.19. The SMILES string of the molecule is Cn1ccn(CC(=O)C2CCCC2)c(=O)c1=O. The van der Waals surface area contributed by atoms with Gasteiger partial charge in [-0.1, -0.05) is 12.8 Å². The molecule has 1 saturated carbocycles. The Kier molecular flexibility index (Phi) is 3.26. The summed E-state index contributed by atoms with van der Waals surface area (Å²) in [5.74, 6) is 0.142. The Morgan fingerprint density at radius 1 is 1.24 bits per heavy atom. The highest BCUT2D eigenvalue weighted by molar-refractivity contribution is 5.81. The summed E-state index contributed by atoms with van der Waals surface area (Å²) >= 11 is 0. The van der Waals surface area contributed by atoms with E-state index in [2.05, 4.69) is 0 Å². The molecule has 1 heterocycles. The summed E-state index contributed by atoms with van der Waals surface area (Å²) < 4.78 is 2.43. The van der Waals surface area contributed by atoms with Gasteiger partial charge >= 0.3 is 11.1 Å². The molecule has 92 valence electrons. The fourth-order valence-electron chi connectivity index (χ4n) is 2.26. The molecule has 0 bridgehead atoms. The van der Waals surface area contributed by atoms with E-state index in [1.165, 1.54) is 28.6 Å². The van der Waals surface area contributed by atoms with Crippen LogP contribution in [0.3, 0.4) is 0 Å². The first-order chi connectivity index (χ1) is 8.09. The Morgan fingerprint density at radius 2 is 1.88 bits per heavy atom. The van der Waals surface area contributed by atoms with Crippen LogP contribution < -0.4 is 11.1 Å². The van der Waals surface area contributed by atoms with Crippen molar-refractivity contribution >= 4 is 5.78 Å². The van der Waals surface area contributed by atoms with Crippen LogP contribution in [-0.4, -0.2) is 14.9 Å². The highest BCUT2D eigenvalue weighted by atomic mass is 16.2. The normalized spacial score (nSPS) is 16.3. The summed E-state index contributed by atoms with van der Waals surface area (Å²) in [5, 5.41) is 0. The molecule has 2 rings (SSSR count). The Hall–Kier alpha value is -1.65. The first-order valence-electron chi connectivity index (χ1n) is 5.88. The van der Waals surface area contributed by atoms with Crippen LogP contribution >= 0.6 is 0 Å². The maximum atomic E-state index is 11.9. The third kappa shape index (κ3) is 2.38. The van der Waals surface area contributed by atoms with Gasteiger partial charge in [0.25, 0.3) is 0 Å². The van der Waals surface area contributed by atoms with E-state index in [0.29, 0.717) is 0 Å². The molecule has 5 heteroatoms. The number of carbonyl (C=O) groups is 1. The highest BCUT2D eigenvalue weighted by Gasteiger charge is 2.23. The van der Waals surface area contributed by atoms with Crippen LogP contribution in [0.25, 0.3) is 0 Å². The standard InChI is InChI=1S/C12H16N2O3/c1-13-6-7-14(12(17)11(13)16)8-10(15)9-4-2-3-5-9/h6-7,9H,2-5,8H2,1H3. The van der Waals surface area contributed by atoms with E-state index in [-0.39, 0.29) is 18.2 Å². The number of ketones is 1. The molecule has 0 radical (unpaired) electrons. The number of carbonyl (C=O) groups excluding carboxylic acids is 1. The van der Waals surface area contributed by atoms with Crippen molar-refractivity contribution in [1.82, 2.24) is 9.13 Å². The first kappa shape index (κ1) is 11.8. The third-order valence-electron chi connectivity index (χ3n) is 3.37. The van der Waals surface area contributed by atoms with Crippen molar-refractivity contribution in [2.24, 2.45) is 13.0 Å². The van der Waals surface area contributed by atoms with Crippen LogP contribution in [0.2, 0.25) is 0 Å². The van der Waals surface area contributed by atoms with E-state index in [4.69, 9.17) is 0 Å². The minimum absolute atomic E-state index is 0.0274. The summed E-state index contributed by atoms with van der Waals surface area (Å²) in [4.78, 5) is 34.9. The number of hydrogen-bond donors (Lipinski definition) is 0. The summed E-state index contributed by atoms with van der Waals surface area (Å²) in [6, 6.07) is 0. The third-order valence-corrected chi connectivity index (χ3v) is 3.37. The van der Waals surface area contributed by atoms with Gasteiger partial charge in [0.05, 0.1) is 6.54 Å². The van der Waals surface area contributed by atoms with Gasteiger partial charge in [-0.3, -0.25) is 14.4 Å². The van der Waals surface area contributed by atoms with Crippen LogP contribution in [0.15, 0.2) is 22.0 Å². The Labute approximate surface area is 98.7 Å². The van der Waals surface area contributed by atoms with Gasteiger partial charge in [0.1, 0.15) is 0 Å². The molecule has 0 amide bonds. The molecule has 0 aromatic carbocycles. The smallest absolute Gasteiger partial charge is 0.312 e. The summed E-state index contributed by atoms with van der Waals surface area (Å²) in [6.07, 6.45) is 7.00. The molecule has 0 spiro atoms. The number of aryl methyl sites for hydroxylation is 1. The van der Waals surface area contributed by atoms with E-state index >= 15 is 0 Å². The van der Waals surface area contributed by atoms with Crippen molar-refractivity contribution in [1.29, 1.82) is 0 Å². The largest absolute Gasteiger partial charge is 0.316 e. The molecule has 0 aliphatic heterocycles. The molecule has 1 aromatic rings. The lowest BCUT2D eigenvalue weighted by Crippen LogP contribution is -2.41. The Morgan fingerprint density at radius 3 is 2.53 bits per heavy atom. The predicted octanol–water partition coefficient (Wildman–Crippen LogP) is 0.306. The number of nitrogens with zero attached hydrogens (tertiary/aromatic N) is 2. The van der Waals surface area contributed by atoms with Gasteiger partial charge in [0.15, 0.2) is 5.78 Å². The number of rotatable bonds is 3. The van der Waals surface area contributed by atoms with E-state index < -0.39 is 11.1 Å². The molecule has 0 atom stereocenters. The van der Waals surface area contributed by atoms with Gasteiger partial charge in [0, 0.05) is 25.4 Å². The molecule has 1 fully saturated rings. The minimum atomic E-state index is -0.624. The fourth-order valence-corrected chi connectivity index (χ4v) is 2.26. The van der Waals surface area contributed by atoms with Crippen molar-refractivity contribution in [3.63, 3.8) is 0 Å². The molecule has 17 heavy (non-hydrogen) atoms. The molecular weight excluding hydrogens is 220 g/mol. The number of Topliss-reactive ketones (excluding diaryl/α,β-unsaturated/α-hetero) is 1. The average Bonchev–Trinajstić information content (AvgIpc) is 2.83. The van der Waals surface area contributed by atoms with Crippen molar-refractivity contribution in [2.45, 2.75) is 32.2 Å². The summed E-state index contributed by atoms with van der Waals surface area (Å²) in [7, 11) is 1.52. The van der Waals surface area contributed by atoms with Crippen molar-refractivity contribution < 1.29 is 4.79 Å². The fraction of sp³-hybridized carbons (Fsp3) is 0.583. The van der Waals surface area contributed by atoms with Crippen LogP contribution in [-0.2, 0) is 18.4 Å². The van der Waals surface area contributed by atoms with Gasteiger partial charge in [-0.15, -0.1) is 0 Å². The van der Waals surface area contributed by atoms with E-state index in [9.17, 15) is 14.4 Å². The van der Waals surface area contributed by atoms with Gasteiger partial charge in [0.2, 0.25) is 0 Å². The quantitative estimate of drug-likeness (QED) is 0.709. The lowest BCUT2D eigenvalue weighted by atomic mass is 10.0. The number of hydrogen-bond acceptors (Lipinski definition) is 3. The maximum absolute atomic E-state index is 11.9. The molecule has 0 N–H and O–H groups in total. The van der Waals surface area contributed by atoms with Gasteiger partial charge in [-0.05, 0) is 12.8 Å². The zero-order chi connectivity index (χ0) is 12.4. The van der Waals surface area contributed by atoms with Gasteiger partial charge in [-0.25, -0.2) is 0 Å². The summed E-state index contributed by atoms with van der Waals surface area (Å²) in [5.41, 5.74) is -1.21. The molecule has 1 aromatic heterocycles. The molecule has 1 aliphatic rings. The molecule has 0 unspecified atom stereocenters. The van der Waals surface area contributed by atoms with E-state index in [1.54, 1.807) is 0 Å². The van der Waals surface area contributed by atoms with Gasteiger partial charge < -0.3 is 9.13 Å². The first-order valence-corrected chi connectivity index (χ1v) is 5.88. The van der Waals surface area contributed by atoms with E-state index in [0.717, 1.165) is 25.7 Å². The van der Waals surface area contributed by atoms with Crippen molar-refractivity contribution in [3.05, 3.63) is 33.1 Å². The highest BCUT2D eigenvalue weighted by Crippen LogP contribution is 2.25. The van der Waals surface area contributed by atoms with Crippen molar-refractivity contribution in [2.75, 3.05) is 0 Å². The maximum Gasteiger partial charge on any atom is 0.316 e. The van der Waals surface area contributed by atoms with Crippen LogP contribution in [0.5, 0.6) is 0 Å². The second-order valence-electron chi connectivity index (χ2n) is 4.59. The predicted molar refractivity (Wildman–Crippen MR) is 62.9 cm³/mol. The van der Waals surface area contributed by atoms with Crippen LogP contribution in [0.1, 0.15) is 25.7 Å². The average molecular weight is 236 g/mol. The lowest BCUT2D eigenvalue weighted by Gasteiger charge is -2.09. The lowest BCUT2D eigenvalue weighted by molar-refractivity contribution is -0.123. The molecule has 5 nitrogen and oxygen atoms in total. The van der Waals surface area contributed by atoms with Crippen molar-refractivity contribution in [3.8, 4) is 0 Å². The zero-order valence-electron chi connectivity index (χ0n) is 9.89. The topological polar surface area (TPSA) is 61.1 Å². The Bertz CT molecular complexity index is 535. The molecule has 0 saturated heterocycles. The summed E-state index contributed by atoms with van der Waals surface area (Å²) in [6.45, 7) is 0.0274. The number of aromatic nitrogens is 2. The van der Waals surface area contributed by atoms with Gasteiger partial charge in [-0.2, -0.15) is 0 Å². The zero-order valence-corrected chi connectivity index (χ0v) is 9.89.